The van der Waals surface area contributed by atoms with Gasteiger partial charge in [-0.3, -0.25) is 4.79 Å². The van der Waals surface area contributed by atoms with Crippen LogP contribution in [0.25, 0.3) is 11.0 Å². The van der Waals surface area contributed by atoms with Crippen LogP contribution in [0.1, 0.15) is 31.2 Å². The van der Waals surface area contributed by atoms with E-state index >= 15 is 0 Å². The molecule has 0 radical (unpaired) electrons. The van der Waals surface area contributed by atoms with Gasteiger partial charge in [-0.25, -0.2) is 4.39 Å². The van der Waals surface area contributed by atoms with Crippen molar-refractivity contribution in [2.24, 2.45) is 5.92 Å². The smallest absolute Gasteiger partial charge is 0.223 e. The van der Waals surface area contributed by atoms with Crippen molar-refractivity contribution in [3.63, 3.8) is 0 Å². The van der Waals surface area contributed by atoms with E-state index in [0.29, 0.717) is 23.5 Å². The minimum atomic E-state index is -0.292. The van der Waals surface area contributed by atoms with Gasteiger partial charge in [-0.05, 0) is 43.2 Å². The van der Waals surface area contributed by atoms with Crippen molar-refractivity contribution >= 4 is 16.9 Å². The van der Waals surface area contributed by atoms with Crippen molar-refractivity contribution < 1.29 is 18.3 Å². The highest BCUT2D eigenvalue weighted by Crippen LogP contribution is 2.31. The van der Waals surface area contributed by atoms with E-state index in [2.05, 4.69) is 5.32 Å². The minimum absolute atomic E-state index is 0.103. The number of methoxy groups -OCH3 is 1. The van der Waals surface area contributed by atoms with Crippen LogP contribution in [0.2, 0.25) is 0 Å². The Morgan fingerprint density at radius 3 is 2.69 bits per heavy atom. The van der Waals surface area contributed by atoms with Gasteiger partial charge < -0.3 is 14.5 Å². The largest absolute Gasteiger partial charge is 0.493 e. The Kier molecular flexibility index (Phi) is 5.26. The number of benzene rings is 2. The number of hydrogen-bond acceptors (Lipinski definition) is 3. The van der Waals surface area contributed by atoms with E-state index in [-0.39, 0.29) is 23.7 Å². The Morgan fingerprint density at radius 2 is 1.96 bits per heavy atom. The Labute approximate surface area is 152 Å². The first-order valence-corrected chi connectivity index (χ1v) is 8.59. The quantitative estimate of drug-likeness (QED) is 0.701. The SMILES string of the molecule is COc1cccc2cc(C(C)NC(=O)C(C)Cc3cccc(F)c3)oc12. The second-order valence-corrected chi connectivity index (χ2v) is 6.49. The van der Waals surface area contributed by atoms with E-state index in [1.54, 1.807) is 13.2 Å². The van der Waals surface area contributed by atoms with Crippen LogP contribution in [-0.4, -0.2) is 13.0 Å². The van der Waals surface area contributed by atoms with Crippen LogP contribution in [0.5, 0.6) is 5.75 Å². The summed E-state index contributed by atoms with van der Waals surface area (Å²) in [6, 6.07) is 13.6. The monoisotopic (exact) mass is 355 g/mol. The summed E-state index contributed by atoms with van der Waals surface area (Å²) < 4.78 is 24.5. The van der Waals surface area contributed by atoms with Crippen molar-refractivity contribution in [2.75, 3.05) is 7.11 Å². The summed E-state index contributed by atoms with van der Waals surface area (Å²) in [6.45, 7) is 3.70. The highest BCUT2D eigenvalue weighted by molar-refractivity contribution is 5.84. The van der Waals surface area contributed by atoms with Gasteiger partial charge in [0, 0.05) is 11.3 Å². The second-order valence-electron chi connectivity index (χ2n) is 6.49. The molecule has 2 unspecified atom stereocenters. The molecule has 1 aromatic heterocycles. The number of nitrogens with one attached hydrogen (secondary N) is 1. The average molecular weight is 355 g/mol. The van der Waals surface area contributed by atoms with Crippen molar-refractivity contribution in [2.45, 2.75) is 26.3 Å². The second kappa shape index (κ2) is 7.60. The molecule has 0 saturated heterocycles. The van der Waals surface area contributed by atoms with Crippen LogP contribution in [0.15, 0.2) is 52.9 Å². The fourth-order valence-corrected chi connectivity index (χ4v) is 2.97. The molecule has 1 amide bonds. The number of para-hydroxylation sites is 1. The molecule has 2 atom stereocenters. The van der Waals surface area contributed by atoms with E-state index in [4.69, 9.17) is 9.15 Å². The van der Waals surface area contributed by atoms with Crippen molar-refractivity contribution in [1.29, 1.82) is 0 Å². The lowest BCUT2D eigenvalue weighted by Gasteiger charge is -2.16. The highest BCUT2D eigenvalue weighted by Gasteiger charge is 2.20. The summed E-state index contributed by atoms with van der Waals surface area (Å²) in [7, 11) is 1.59. The molecule has 26 heavy (non-hydrogen) atoms. The van der Waals surface area contributed by atoms with Crippen LogP contribution < -0.4 is 10.1 Å². The topological polar surface area (TPSA) is 51.5 Å². The van der Waals surface area contributed by atoms with Gasteiger partial charge in [-0.1, -0.05) is 31.2 Å². The van der Waals surface area contributed by atoms with E-state index in [9.17, 15) is 9.18 Å². The lowest BCUT2D eigenvalue weighted by molar-refractivity contribution is -0.125. The molecule has 1 N–H and O–H groups in total. The summed E-state index contributed by atoms with van der Waals surface area (Å²) >= 11 is 0. The third-order valence-corrected chi connectivity index (χ3v) is 4.41. The summed E-state index contributed by atoms with van der Waals surface area (Å²) in [6.07, 6.45) is 0.476. The Morgan fingerprint density at radius 1 is 1.19 bits per heavy atom. The normalized spacial score (nSPS) is 13.4. The number of amides is 1. The third kappa shape index (κ3) is 3.87. The predicted octanol–water partition coefficient (Wildman–Crippen LogP) is 4.64. The van der Waals surface area contributed by atoms with Crippen LogP contribution in [0.4, 0.5) is 4.39 Å². The van der Waals surface area contributed by atoms with E-state index in [0.717, 1.165) is 10.9 Å². The molecule has 0 aliphatic carbocycles. The van der Waals surface area contributed by atoms with Crippen molar-refractivity contribution in [3.8, 4) is 5.75 Å². The molecule has 0 fully saturated rings. The molecule has 3 aromatic rings. The first-order chi connectivity index (χ1) is 12.5. The summed E-state index contributed by atoms with van der Waals surface area (Å²) in [5.41, 5.74) is 1.47. The van der Waals surface area contributed by atoms with E-state index < -0.39 is 0 Å². The zero-order chi connectivity index (χ0) is 18.7. The molecule has 5 heteroatoms. The van der Waals surface area contributed by atoms with Gasteiger partial charge in [0.1, 0.15) is 11.6 Å². The molecule has 0 spiro atoms. The first kappa shape index (κ1) is 18.0. The molecule has 0 saturated carbocycles. The first-order valence-electron chi connectivity index (χ1n) is 8.59. The maximum atomic E-state index is 13.3. The maximum absolute atomic E-state index is 13.3. The standard InChI is InChI=1S/C21H22FNO3/c1-13(10-15-6-4-8-17(22)11-15)21(24)23-14(2)19-12-16-7-5-9-18(25-3)20(16)26-19/h4-9,11-14H,10H2,1-3H3,(H,23,24). The molecular formula is C21H22FNO3. The zero-order valence-corrected chi connectivity index (χ0v) is 15.1. The molecule has 136 valence electrons. The number of hydrogen-bond donors (Lipinski definition) is 1. The highest BCUT2D eigenvalue weighted by atomic mass is 19.1. The van der Waals surface area contributed by atoms with Gasteiger partial charge in [-0.15, -0.1) is 0 Å². The van der Waals surface area contributed by atoms with Crippen LogP contribution in [0, 0.1) is 11.7 Å². The molecule has 0 bridgehead atoms. The van der Waals surface area contributed by atoms with Gasteiger partial charge in [0.2, 0.25) is 5.91 Å². The average Bonchev–Trinajstić information content (AvgIpc) is 3.06. The lowest BCUT2D eigenvalue weighted by Crippen LogP contribution is -2.32. The fraction of sp³-hybridized carbons (Fsp3) is 0.286. The van der Waals surface area contributed by atoms with E-state index in [1.165, 1.54) is 12.1 Å². The number of ether oxygens (including phenoxy) is 1. The van der Waals surface area contributed by atoms with Crippen LogP contribution in [0.3, 0.4) is 0 Å². The number of halogens is 1. The van der Waals surface area contributed by atoms with Crippen molar-refractivity contribution in [3.05, 3.63) is 65.7 Å². The van der Waals surface area contributed by atoms with Gasteiger partial charge in [0.25, 0.3) is 0 Å². The van der Waals surface area contributed by atoms with E-state index in [1.807, 2.05) is 44.2 Å². The number of furan rings is 1. The molecule has 1 heterocycles. The van der Waals surface area contributed by atoms with Gasteiger partial charge in [0.15, 0.2) is 11.3 Å². The predicted molar refractivity (Wildman–Crippen MR) is 98.6 cm³/mol. The number of rotatable bonds is 6. The number of carbonyl (C=O) groups is 1. The maximum Gasteiger partial charge on any atom is 0.223 e. The molecule has 2 aromatic carbocycles. The van der Waals surface area contributed by atoms with Gasteiger partial charge >= 0.3 is 0 Å². The Balaban J connectivity index is 1.68. The zero-order valence-electron chi connectivity index (χ0n) is 15.1. The van der Waals surface area contributed by atoms with Gasteiger partial charge in [0.05, 0.1) is 13.2 Å². The molecule has 0 aliphatic rings. The number of carbonyl (C=O) groups excluding carboxylic acids is 1. The summed E-state index contributed by atoms with van der Waals surface area (Å²) in [5, 5.41) is 3.89. The molecule has 4 nitrogen and oxygen atoms in total. The summed E-state index contributed by atoms with van der Waals surface area (Å²) in [5.74, 6) is 0.648. The molecule has 3 rings (SSSR count). The van der Waals surface area contributed by atoms with Crippen LogP contribution in [-0.2, 0) is 11.2 Å². The lowest BCUT2D eigenvalue weighted by atomic mass is 10.00. The molecular weight excluding hydrogens is 333 g/mol. The van der Waals surface area contributed by atoms with Crippen molar-refractivity contribution in [1.82, 2.24) is 5.32 Å². The van der Waals surface area contributed by atoms with Crippen LogP contribution >= 0.6 is 0 Å². The fourth-order valence-electron chi connectivity index (χ4n) is 2.97. The Bertz CT molecular complexity index is 919. The number of fused-ring (bicyclic) bond motifs is 1. The third-order valence-electron chi connectivity index (χ3n) is 4.41. The Hall–Kier alpha value is -2.82. The molecule has 0 aliphatic heterocycles. The summed E-state index contributed by atoms with van der Waals surface area (Å²) in [4.78, 5) is 12.5. The van der Waals surface area contributed by atoms with Gasteiger partial charge in [-0.2, -0.15) is 0 Å². The minimum Gasteiger partial charge on any atom is -0.493 e.